The molecule has 0 aromatic carbocycles. The Balaban J connectivity index is 0.00000147. The summed E-state index contributed by atoms with van der Waals surface area (Å²) >= 11 is 1.80. The Labute approximate surface area is 130 Å². The lowest BCUT2D eigenvalue weighted by Gasteiger charge is -2.21. The van der Waals surface area contributed by atoms with E-state index in [4.69, 9.17) is 0 Å². The lowest BCUT2D eigenvalue weighted by atomic mass is 9.96. The van der Waals surface area contributed by atoms with Gasteiger partial charge in [0.05, 0.1) is 10.9 Å². The summed E-state index contributed by atoms with van der Waals surface area (Å²) in [4.78, 5) is 13.8. The van der Waals surface area contributed by atoms with Crippen LogP contribution >= 0.6 is 23.7 Å². The number of aryl methyl sites for hydroxylation is 1. The maximum atomic E-state index is 12.3. The maximum Gasteiger partial charge on any atom is 0.229 e. The molecule has 1 saturated heterocycles. The van der Waals surface area contributed by atoms with Crippen LogP contribution in [0.3, 0.4) is 0 Å². The van der Waals surface area contributed by atoms with E-state index in [-0.39, 0.29) is 24.2 Å². The molecule has 2 N–H and O–H groups in total. The molecule has 1 fully saturated rings. The molecule has 20 heavy (non-hydrogen) atoms. The van der Waals surface area contributed by atoms with Crippen LogP contribution < -0.4 is 10.6 Å². The molecule has 2 aliphatic rings. The number of hydrogen-bond acceptors (Lipinski definition) is 3. The second-order valence-corrected chi connectivity index (χ2v) is 6.80. The van der Waals surface area contributed by atoms with Crippen LogP contribution in [0, 0.1) is 12.8 Å². The Hall–Kier alpha value is -0.580. The monoisotopic (exact) mass is 314 g/mol. The van der Waals surface area contributed by atoms with Gasteiger partial charge in [0.25, 0.3) is 0 Å². The molecule has 5 heteroatoms. The van der Waals surface area contributed by atoms with Gasteiger partial charge in [-0.2, -0.15) is 0 Å². The van der Waals surface area contributed by atoms with E-state index in [2.05, 4.69) is 17.6 Å². The standard InChI is InChI=1S/C15H22N2OS.ClH/c1-10-12-6-2-3-7-13(12)19-15(10)17-14(18)11-5-4-8-16-9-11;/h11,16H,2-9H2,1H3,(H,17,18);1H. The smallest absolute Gasteiger partial charge is 0.229 e. The Morgan fingerprint density at radius 3 is 2.80 bits per heavy atom. The molecule has 2 heterocycles. The highest BCUT2D eigenvalue weighted by molar-refractivity contribution is 7.16. The summed E-state index contributed by atoms with van der Waals surface area (Å²) in [5, 5.41) is 7.58. The van der Waals surface area contributed by atoms with Gasteiger partial charge in [0, 0.05) is 11.4 Å². The van der Waals surface area contributed by atoms with Crippen LogP contribution in [0.5, 0.6) is 0 Å². The van der Waals surface area contributed by atoms with Crippen molar-refractivity contribution in [1.82, 2.24) is 5.32 Å². The van der Waals surface area contributed by atoms with Crippen molar-refractivity contribution in [1.29, 1.82) is 0 Å². The van der Waals surface area contributed by atoms with Crippen LogP contribution in [0.4, 0.5) is 5.00 Å². The van der Waals surface area contributed by atoms with Crippen LogP contribution in [0.1, 0.15) is 41.7 Å². The third-order valence-corrected chi connectivity index (χ3v) is 5.65. The number of thiophene rings is 1. The van der Waals surface area contributed by atoms with Gasteiger partial charge in [-0.25, -0.2) is 0 Å². The van der Waals surface area contributed by atoms with Crippen molar-refractivity contribution in [3.8, 4) is 0 Å². The van der Waals surface area contributed by atoms with E-state index in [9.17, 15) is 4.79 Å². The first kappa shape index (κ1) is 15.8. The normalized spacial score (nSPS) is 21.8. The molecule has 1 unspecified atom stereocenters. The number of carbonyl (C=O) groups excluding carboxylic acids is 1. The highest BCUT2D eigenvalue weighted by Crippen LogP contribution is 2.37. The zero-order valence-corrected chi connectivity index (χ0v) is 13.6. The molecule has 0 radical (unpaired) electrons. The Morgan fingerprint density at radius 1 is 1.30 bits per heavy atom. The molecule has 1 aliphatic carbocycles. The first-order valence-electron chi connectivity index (χ1n) is 7.38. The average Bonchev–Trinajstić information content (AvgIpc) is 2.77. The minimum atomic E-state index is 0. The number of hydrogen-bond donors (Lipinski definition) is 2. The van der Waals surface area contributed by atoms with Crippen molar-refractivity contribution < 1.29 is 4.79 Å². The van der Waals surface area contributed by atoms with Gasteiger partial charge in [0.15, 0.2) is 0 Å². The molecule has 1 aliphatic heterocycles. The summed E-state index contributed by atoms with van der Waals surface area (Å²) in [5.41, 5.74) is 2.82. The summed E-state index contributed by atoms with van der Waals surface area (Å²) < 4.78 is 0. The number of anilines is 1. The fraction of sp³-hybridized carbons (Fsp3) is 0.667. The van der Waals surface area contributed by atoms with Gasteiger partial charge in [0.2, 0.25) is 5.91 Å². The number of fused-ring (bicyclic) bond motifs is 1. The largest absolute Gasteiger partial charge is 0.317 e. The van der Waals surface area contributed by atoms with E-state index >= 15 is 0 Å². The topological polar surface area (TPSA) is 41.1 Å². The molecule has 3 rings (SSSR count). The minimum absolute atomic E-state index is 0. The second kappa shape index (κ2) is 6.92. The number of nitrogens with one attached hydrogen (secondary N) is 2. The molecule has 0 spiro atoms. The summed E-state index contributed by atoms with van der Waals surface area (Å²) in [6, 6.07) is 0. The highest BCUT2D eigenvalue weighted by atomic mass is 35.5. The molecular formula is C15H23ClN2OS. The van der Waals surface area contributed by atoms with Crippen LogP contribution in [0.2, 0.25) is 0 Å². The third-order valence-electron chi connectivity index (χ3n) is 4.34. The van der Waals surface area contributed by atoms with Gasteiger partial charge < -0.3 is 10.6 Å². The van der Waals surface area contributed by atoms with Gasteiger partial charge in [-0.15, -0.1) is 23.7 Å². The van der Waals surface area contributed by atoms with Gasteiger partial charge >= 0.3 is 0 Å². The second-order valence-electron chi connectivity index (χ2n) is 5.70. The van der Waals surface area contributed by atoms with Crippen LogP contribution in [0.15, 0.2) is 0 Å². The van der Waals surface area contributed by atoms with Crippen molar-refractivity contribution >= 4 is 34.7 Å². The van der Waals surface area contributed by atoms with Crippen LogP contribution in [-0.4, -0.2) is 19.0 Å². The quantitative estimate of drug-likeness (QED) is 0.879. The van der Waals surface area contributed by atoms with Gasteiger partial charge in [-0.3, -0.25) is 4.79 Å². The number of carbonyl (C=O) groups is 1. The van der Waals surface area contributed by atoms with E-state index in [1.165, 1.54) is 41.7 Å². The summed E-state index contributed by atoms with van der Waals surface area (Å²) in [7, 11) is 0. The lowest BCUT2D eigenvalue weighted by molar-refractivity contribution is -0.120. The third kappa shape index (κ3) is 3.18. The SMILES string of the molecule is Cc1c(NC(=O)C2CCCNC2)sc2c1CCCC2.Cl. The molecule has 1 atom stereocenters. The van der Waals surface area contributed by atoms with Gasteiger partial charge in [-0.1, -0.05) is 0 Å². The summed E-state index contributed by atoms with van der Waals surface area (Å²) in [6.07, 6.45) is 7.11. The number of piperidine rings is 1. The van der Waals surface area contributed by atoms with Crippen molar-refractivity contribution in [3.05, 3.63) is 16.0 Å². The molecule has 0 bridgehead atoms. The molecule has 1 aromatic heterocycles. The van der Waals surface area contributed by atoms with Gasteiger partial charge in [-0.05, 0) is 63.1 Å². The molecule has 1 aromatic rings. The number of halogens is 1. The lowest BCUT2D eigenvalue weighted by Crippen LogP contribution is -2.37. The Bertz CT molecular complexity index is 480. The van der Waals surface area contributed by atoms with Crippen molar-refractivity contribution in [2.45, 2.75) is 45.4 Å². The highest BCUT2D eigenvalue weighted by Gasteiger charge is 2.24. The predicted octanol–water partition coefficient (Wildman–Crippen LogP) is 3.30. The first-order valence-corrected chi connectivity index (χ1v) is 8.20. The first-order chi connectivity index (χ1) is 9.25. The number of amides is 1. The zero-order chi connectivity index (χ0) is 13.2. The Morgan fingerprint density at radius 2 is 2.10 bits per heavy atom. The summed E-state index contributed by atoms with van der Waals surface area (Å²) in [6.45, 7) is 4.04. The van der Waals surface area contributed by atoms with Crippen molar-refractivity contribution in [2.75, 3.05) is 18.4 Å². The van der Waals surface area contributed by atoms with Crippen molar-refractivity contribution in [2.24, 2.45) is 5.92 Å². The van der Waals surface area contributed by atoms with E-state index in [0.29, 0.717) is 0 Å². The fourth-order valence-electron chi connectivity index (χ4n) is 3.13. The predicted molar refractivity (Wildman–Crippen MR) is 87.2 cm³/mol. The average molecular weight is 315 g/mol. The van der Waals surface area contributed by atoms with Gasteiger partial charge in [0.1, 0.15) is 0 Å². The zero-order valence-electron chi connectivity index (χ0n) is 12.0. The molecule has 1 amide bonds. The fourth-order valence-corrected chi connectivity index (χ4v) is 4.43. The van der Waals surface area contributed by atoms with Crippen LogP contribution in [0.25, 0.3) is 0 Å². The minimum Gasteiger partial charge on any atom is -0.317 e. The van der Waals surface area contributed by atoms with E-state index in [0.717, 1.165) is 30.9 Å². The molecular weight excluding hydrogens is 292 g/mol. The molecule has 0 saturated carbocycles. The van der Waals surface area contributed by atoms with Crippen LogP contribution in [-0.2, 0) is 17.6 Å². The summed E-state index contributed by atoms with van der Waals surface area (Å²) in [5.74, 6) is 0.348. The molecule has 3 nitrogen and oxygen atoms in total. The van der Waals surface area contributed by atoms with E-state index in [1.54, 1.807) is 11.3 Å². The van der Waals surface area contributed by atoms with E-state index in [1.807, 2.05) is 0 Å². The number of rotatable bonds is 2. The molecule has 112 valence electrons. The van der Waals surface area contributed by atoms with E-state index < -0.39 is 0 Å². The van der Waals surface area contributed by atoms with Crippen molar-refractivity contribution in [3.63, 3.8) is 0 Å². The Kier molecular flexibility index (Phi) is 5.47. The maximum absolute atomic E-state index is 12.3.